The zero-order valence-electron chi connectivity index (χ0n) is 13.8. The van der Waals surface area contributed by atoms with Crippen LogP contribution < -0.4 is 10.6 Å². The van der Waals surface area contributed by atoms with Gasteiger partial charge in [-0.15, -0.1) is 0 Å². The van der Waals surface area contributed by atoms with Gasteiger partial charge in [0.2, 0.25) is 0 Å². The fourth-order valence-electron chi connectivity index (χ4n) is 2.61. The molecule has 3 aromatic rings. The average Bonchev–Trinajstić information content (AvgIpc) is 2.53. The molecule has 0 saturated carbocycles. The summed E-state index contributed by atoms with van der Waals surface area (Å²) < 4.78 is 0. The third-order valence-electron chi connectivity index (χ3n) is 3.65. The Balaban J connectivity index is 1.53. The second kappa shape index (κ2) is 7.45. The van der Waals surface area contributed by atoms with E-state index >= 15 is 0 Å². The second-order valence-electron chi connectivity index (χ2n) is 5.67. The average molecular weight is 342 g/mol. The van der Waals surface area contributed by atoms with Gasteiger partial charge in [-0.1, -0.05) is 11.6 Å². The third-order valence-corrected chi connectivity index (χ3v) is 3.88. The van der Waals surface area contributed by atoms with Gasteiger partial charge in [-0.2, -0.15) is 0 Å². The summed E-state index contributed by atoms with van der Waals surface area (Å²) in [5.41, 5.74) is 2.95. The summed E-state index contributed by atoms with van der Waals surface area (Å²) in [5.74, 6) is 1.67. The van der Waals surface area contributed by atoms with E-state index in [0.29, 0.717) is 5.02 Å². The van der Waals surface area contributed by atoms with Crippen molar-refractivity contribution in [3.8, 4) is 0 Å². The van der Waals surface area contributed by atoms with Crippen LogP contribution in [0.5, 0.6) is 0 Å². The van der Waals surface area contributed by atoms with Crippen molar-refractivity contribution in [1.82, 2.24) is 15.0 Å². The van der Waals surface area contributed by atoms with Crippen molar-refractivity contribution in [2.75, 3.05) is 23.7 Å². The SMILES string of the molecule is Cc1cc(NCCCNc2ccnc3cc(Cl)ccc23)nc(C)n1. The molecule has 0 bridgehead atoms. The molecule has 124 valence electrons. The Morgan fingerprint density at radius 1 is 1.00 bits per heavy atom. The lowest BCUT2D eigenvalue weighted by molar-refractivity contribution is 0.896. The van der Waals surface area contributed by atoms with E-state index in [0.717, 1.165) is 53.4 Å². The van der Waals surface area contributed by atoms with Gasteiger partial charge in [0.15, 0.2) is 0 Å². The van der Waals surface area contributed by atoms with Crippen LogP contribution in [0.1, 0.15) is 17.9 Å². The molecule has 24 heavy (non-hydrogen) atoms. The smallest absolute Gasteiger partial charge is 0.129 e. The van der Waals surface area contributed by atoms with Gasteiger partial charge in [0.25, 0.3) is 0 Å². The highest BCUT2D eigenvalue weighted by Gasteiger charge is 2.02. The Hall–Kier alpha value is -2.40. The Kier molecular flexibility index (Phi) is 5.11. The zero-order valence-corrected chi connectivity index (χ0v) is 14.6. The number of hydrogen-bond donors (Lipinski definition) is 2. The summed E-state index contributed by atoms with van der Waals surface area (Å²) in [6.07, 6.45) is 2.77. The molecule has 0 atom stereocenters. The van der Waals surface area contributed by atoms with Crippen molar-refractivity contribution >= 4 is 34.0 Å². The van der Waals surface area contributed by atoms with Gasteiger partial charge in [0.1, 0.15) is 11.6 Å². The topological polar surface area (TPSA) is 62.7 Å². The maximum Gasteiger partial charge on any atom is 0.129 e. The molecule has 2 heterocycles. The predicted octanol–water partition coefficient (Wildman–Crippen LogP) is 4.21. The standard InChI is InChI=1S/C18H20ClN5/c1-12-10-18(24-13(2)23-12)22-8-3-7-20-16-6-9-21-17-11-14(19)4-5-15(16)17/h4-6,9-11H,3,7-8H2,1-2H3,(H,20,21)(H,22,23,24). The molecule has 0 aliphatic carbocycles. The molecule has 0 aliphatic heterocycles. The first-order valence-electron chi connectivity index (χ1n) is 7.96. The lowest BCUT2D eigenvalue weighted by Gasteiger charge is -2.10. The van der Waals surface area contributed by atoms with E-state index in [1.165, 1.54) is 0 Å². The van der Waals surface area contributed by atoms with Gasteiger partial charge < -0.3 is 10.6 Å². The molecule has 0 saturated heterocycles. The molecule has 0 fully saturated rings. The van der Waals surface area contributed by atoms with Gasteiger partial charge in [-0.25, -0.2) is 9.97 Å². The van der Waals surface area contributed by atoms with Crippen molar-refractivity contribution in [2.24, 2.45) is 0 Å². The first kappa shape index (κ1) is 16.5. The maximum atomic E-state index is 6.02. The summed E-state index contributed by atoms with van der Waals surface area (Å²) in [6.45, 7) is 5.58. The number of halogens is 1. The third kappa shape index (κ3) is 4.11. The largest absolute Gasteiger partial charge is 0.384 e. The molecule has 0 spiro atoms. The van der Waals surface area contributed by atoms with Crippen molar-refractivity contribution in [1.29, 1.82) is 0 Å². The van der Waals surface area contributed by atoms with Crippen LogP contribution in [-0.2, 0) is 0 Å². The number of aromatic nitrogens is 3. The molecule has 0 amide bonds. The fourth-order valence-corrected chi connectivity index (χ4v) is 2.78. The highest BCUT2D eigenvalue weighted by molar-refractivity contribution is 6.31. The summed E-state index contributed by atoms with van der Waals surface area (Å²) in [6, 6.07) is 9.71. The second-order valence-corrected chi connectivity index (χ2v) is 6.11. The van der Waals surface area contributed by atoms with E-state index in [2.05, 4.69) is 25.6 Å². The molecule has 3 rings (SSSR count). The minimum absolute atomic E-state index is 0.701. The van der Waals surface area contributed by atoms with E-state index in [4.69, 9.17) is 11.6 Å². The Bertz CT molecular complexity index is 830. The van der Waals surface area contributed by atoms with E-state index < -0.39 is 0 Å². The summed E-state index contributed by atoms with van der Waals surface area (Å²) in [7, 11) is 0. The van der Waals surface area contributed by atoms with Crippen molar-refractivity contribution in [2.45, 2.75) is 20.3 Å². The number of nitrogens with zero attached hydrogens (tertiary/aromatic N) is 3. The van der Waals surface area contributed by atoms with Gasteiger partial charge in [-0.3, -0.25) is 4.98 Å². The lowest BCUT2D eigenvalue weighted by atomic mass is 10.2. The van der Waals surface area contributed by atoms with E-state index in [-0.39, 0.29) is 0 Å². The van der Waals surface area contributed by atoms with Crippen LogP contribution in [0.4, 0.5) is 11.5 Å². The van der Waals surface area contributed by atoms with Crippen LogP contribution in [0.3, 0.4) is 0 Å². The quantitative estimate of drug-likeness (QED) is 0.657. The molecular formula is C18H20ClN5. The zero-order chi connectivity index (χ0) is 16.9. The predicted molar refractivity (Wildman–Crippen MR) is 99.9 cm³/mol. The Morgan fingerprint density at radius 2 is 1.83 bits per heavy atom. The minimum atomic E-state index is 0.701. The molecule has 0 unspecified atom stereocenters. The van der Waals surface area contributed by atoms with E-state index in [1.54, 1.807) is 6.20 Å². The molecule has 0 aliphatic rings. The van der Waals surface area contributed by atoms with Gasteiger partial charge in [-0.05, 0) is 44.5 Å². The van der Waals surface area contributed by atoms with Crippen LogP contribution in [0, 0.1) is 13.8 Å². The number of nitrogens with one attached hydrogen (secondary N) is 2. The highest BCUT2D eigenvalue weighted by atomic mass is 35.5. The molecule has 0 radical (unpaired) electrons. The number of rotatable bonds is 6. The minimum Gasteiger partial charge on any atom is -0.384 e. The number of benzene rings is 1. The highest BCUT2D eigenvalue weighted by Crippen LogP contribution is 2.24. The van der Waals surface area contributed by atoms with E-state index in [1.807, 2.05) is 44.2 Å². The van der Waals surface area contributed by atoms with Gasteiger partial charge in [0, 0.05) is 47.1 Å². The Morgan fingerprint density at radius 3 is 2.67 bits per heavy atom. The number of pyridine rings is 1. The molecule has 5 nitrogen and oxygen atoms in total. The monoisotopic (exact) mass is 341 g/mol. The van der Waals surface area contributed by atoms with Crippen molar-refractivity contribution < 1.29 is 0 Å². The van der Waals surface area contributed by atoms with Crippen LogP contribution in [-0.4, -0.2) is 28.0 Å². The molecule has 6 heteroatoms. The van der Waals surface area contributed by atoms with Crippen molar-refractivity contribution in [3.05, 3.63) is 53.1 Å². The summed E-state index contributed by atoms with van der Waals surface area (Å²) in [4.78, 5) is 13.0. The van der Waals surface area contributed by atoms with Crippen LogP contribution in [0.15, 0.2) is 36.5 Å². The number of hydrogen-bond acceptors (Lipinski definition) is 5. The maximum absolute atomic E-state index is 6.02. The first-order valence-corrected chi connectivity index (χ1v) is 8.34. The lowest BCUT2D eigenvalue weighted by Crippen LogP contribution is -2.11. The first-order chi connectivity index (χ1) is 11.6. The summed E-state index contributed by atoms with van der Waals surface area (Å²) in [5, 5.41) is 8.58. The normalized spacial score (nSPS) is 10.8. The van der Waals surface area contributed by atoms with Crippen molar-refractivity contribution in [3.63, 3.8) is 0 Å². The van der Waals surface area contributed by atoms with Crippen LogP contribution >= 0.6 is 11.6 Å². The van der Waals surface area contributed by atoms with Crippen LogP contribution in [0.25, 0.3) is 10.9 Å². The molecule has 2 N–H and O–H groups in total. The summed E-state index contributed by atoms with van der Waals surface area (Å²) >= 11 is 6.02. The number of aryl methyl sites for hydroxylation is 2. The molecule has 1 aromatic carbocycles. The van der Waals surface area contributed by atoms with Gasteiger partial charge in [0.05, 0.1) is 5.52 Å². The molecular weight excluding hydrogens is 322 g/mol. The number of anilines is 2. The van der Waals surface area contributed by atoms with E-state index in [9.17, 15) is 0 Å². The molecule has 2 aromatic heterocycles. The van der Waals surface area contributed by atoms with Gasteiger partial charge >= 0.3 is 0 Å². The Labute approximate surface area is 146 Å². The van der Waals surface area contributed by atoms with Crippen LogP contribution in [0.2, 0.25) is 5.02 Å². The number of fused-ring (bicyclic) bond motifs is 1. The fraction of sp³-hybridized carbons (Fsp3) is 0.278.